The summed E-state index contributed by atoms with van der Waals surface area (Å²) >= 11 is 7.21. The van der Waals surface area contributed by atoms with Gasteiger partial charge in [0, 0.05) is 0 Å². The highest BCUT2D eigenvalue weighted by Crippen LogP contribution is 2.26. The summed E-state index contributed by atoms with van der Waals surface area (Å²) in [5.74, 6) is 0. The van der Waals surface area contributed by atoms with Gasteiger partial charge in [0.05, 0.1) is 0 Å². The van der Waals surface area contributed by atoms with Crippen LogP contribution < -0.4 is 0 Å². The Labute approximate surface area is 80.1 Å². The third-order valence-electron chi connectivity index (χ3n) is 0. The summed E-state index contributed by atoms with van der Waals surface area (Å²) in [6, 6.07) is 0. The number of hydrogen-bond acceptors (Lipinski definition) is 2. The van der Waals surface area contributed by atoms with Crippen LogP contribution >= 0.6 is 26.9 Å². The van der Waals surface area contributed by atoms with Gasteiger partial charge in [-0.25, -0.2) is 0 Å². The van der Waals surface area contributed by atoms with Crippen molar-refractivity contribution in [3.8, 4) is 0 Å². The zero-order valence-electron chi connectivity index (χ0n) is 4.89. The molecular formula is H8O6P2S3. The first kappa shape index (κ1) is 18.2. The highest BCUT2D eigenvalue weighted by molar-refractivity contribution is 8.06. The third-order valence-corrected chi connectivity index (χ3v) is 0. The number of rotatable bonds is 0. The molecule has 0 unspecified atom stereocenters. The number of hydrogen-bond donors (Lipinski definition) is 6. The first-order chi connectivity index (χ1) is 4.00. The lowest BCUT2D eigenvalue weighted by atomic mass is 15.8. The molecule has 0 aromatic carbocycles. The Bertz CT molecular complexity index is 128. The van der Waals surface area contributed by atoms with Crippen LogP contribution in [0.15, 0.2) is 0 Å². The van der Waals surface area contributed by atoms with E-state index in [9.17, 15) is 0 Å². The first-order valence-electron chi connectivity index (χ1n) is 1.57. The summed E-state index contributed by atoms with van der Waals surface area (Å²) in [5, 5.41) is 0. The van der Waals surface area contributed by atoms with Gasteiger partial charge in [-0.3, -0.25) is 0 Å². The molecule has 72 valence electrons. The van der Waals surface area contributed by atoms with Gasteiger partial charge in [-0.15, -0.1) is 0 Å². The van der Waals surface area contributed by atoms with Crippen LogP contribution in [0.2, 0.25) is 0 Å². The average molecular weight is 262 g/mol. The quantitative estimate of drug-likeness (QED) is 0.291. The minimum absolute atomic E-state index is 0. The zero-order valence-corrected chi connectivity index (χ0v) is 9.32. The lowest BCUT2D eigenvalue weighted by Crippen LogP contribution is -1.65. The molecule has 0 rings (SSSR count). The lowest BCUT2D eigenvalue weighted by Gasteiger charge is -1.88. The SMILES string of the molecule is OP(O)(O)=S.OP(O)(O)=S.S. The van der Waals surface area contributed by atoms with E-state index < -0.39 is 13.4 Å². The molecule has 6 N–H and O–H groups in total. The fourth-order valence-electron chi connectivity index (χ4n) is 0. The van der Waals surface area contributed by atoms with Crippen LogP contribution in [-0.4, -0.2) is 29.4 Å². The normalized spacial score (nSPS) is 10.7. The fourth-order valence-corrected chi connectivity index (χ4v) is 0. The molecule has 0 atom stereocenters. The van der Waals surface area contributed by atoms with Crippen LogP contribution in [0.1, 0.15) is 0 Å². The molecule has 0 saturated carbocycles. The Kier molecular flexibility index (Phi) is 11.4. The molecule has 0 saturated heterocycles. The topological polar surface area (TPSA) is 121 Å². The lowest BCUT2D eigenvalue weighted by molar-refractivity contribution is 0.361. The van der Waals surface area contributed by atoms with E-state index in [4.69, 9.17) is 29.4 Å². The summed E-state index contributed by atoms with van der Waals surface area (Å²) in [6.45, 7) is -7.61. The highest BCUT2D eigenvalue weighted by Gasteiger charge is 1.92. The maximum atomic E-state index is 7.56. The summed E-state index contributed by atoms with van der Waals surface area (Å²) in [6.07, 6.45) is 0. The molecule has 0 aromatic heterocycles. The highest BCUT2D eigenvalue weighted by atomic mass is 32.5. The Balaban J connectivity index is -0.000000107. The van der Waals surface area contributed by atoms with Crippen molar-refractivity contribution in [2.45, 2.75) is 0 Å². The van der Waals surface area contributed by atoms with Gasteiger partial charge in [0.25, 0.3) is 0 Å². The summed E-state index contributed by atoms with van der Waals surface area (Å²) < 4.78 is 0. The smallest absolute Gasteiger partial charge is 0.319 e. The molecule has 0 aliphatic carbocycles. The minimum Gasteiger partial charge on any atom is -0.325 e. The maximum Gasteiger partial charge on any atom is 0.319 e. The van der Waals surface area contributed by atoms with E-state index in [1.54, 1.807) is 0 Å². The molecule has 6 nitrogen and oxygen atoms in total. The Morgan fingerprint density at radius 1 is 0.636 bits per heavy atom. The molecule has 11 heteroatoms. The van der Waals surface area contributed by atoms with Gasteiger partial charge in [0.1, 0.15) is 0 Å². The van der Waals surface area contributed by atoms with Crippen molar-refractivity contribution in [2.24, 2.45) is 0 Å². The summed E-state index contributed by atoms with van der Waals surface area (Å²) in [4.78, 5) is 45.3. The van der Waals surface area contributed by atoms with E-state index in [2.05, 4.69) is 23.6 Å². The average Bonchev–Trinajstić information content (AvgIpc) is 1.12. The van der Waals surface area contributed by atoms with Gasteiger partial charge in [-0.2, -0.15) is 13.5 Å². The van der Waals surface area contributed by atoms with Crippen LogP contribution in [0.3, 0.4) is 0 Å². The van der Waals surface area contributed by atoms with E-state index in [1.165, 1.54) is 0 Å². The first-order valence-corrected chi connectivity index (χ1v) is 6.89. The van der Waals surface area contributed by atoms with Gasteiger partial charge >= 0.3 is 13.4 Å². The second-order valence-corrected chi connectivity index (χ2v) is 6.02. The van der Waals surface area contributed by atoms with Crippen molar-refractivity contribution in [3.63, 3.8) is 0 Å². The largest absolute Gasteiger partial charge is 0.325 e. The fraction of sp³-hybridized carbons (Fsp3) is 0. The van der Waals surface area contributed by atoms with Gasteiger partial charge in [0.15, 0.2) is 0 Å². The van der Waals surface area contributed by atoms with Crippen molar-refractivity contribution >= 4 is 50.5 Å². The molecule has 11 heavy (non-hydrogen) atoms. The van der Waals surface area contributed by atoms with Crippen LogP contribution in [0.4, 0.5) is 0 Å². The van der Waals surface area contributed by atoms with E-state index in [0.29, 0.717) is 0 Å². The van der Waals surface area contributed by atoms with E-state index in [1.807, 2.05) is 0 Å². The zero-order chi connectivity index (χ0) is 9.00. The van der Waals surface area contributed by atoms with E-state index >= 15 is 0 Å². The Morgan fingerprint density at radius 2 is 0.636 bits per heavy atom. The van der Waals surface area contributed by atoms with Crippen molar-refractivity contribution in [1.82, 2.24) is 0 Å². The second kappa shape index (κ2) is 6.88. The molecule has 0 aliphatic rings. The van der Waals surface area contributed by atoms with Gasteiger partial charge in [-0.1, -0.05) is 0 Å². The van der Waals surface area contributed by atoms with Gasteiger partial charge < -0.3 is 29.4 Å². The predicted octanol–water partition coefficient (Wildman–Crippen LogP) is -1.51. The third kappa shape index (κ3) is 508. The van der Waals surface area contributed by atoms with Gasteiger partial charge in [0.2, 0.25) is 0 Å². The molecule has 0 radical (unpaired) electrons. The molecule has 0 heterocycles. The molecule has 0 aromatic rings. The van der Waals surface area contributed by atoms with E-state index in [-0.39, 0.29) is 13.5 Å². The van der Waals surface area contributed by atoms with Crippen molar-refractivity contribution in [1.29, 1.82) is 0 Å². The van der Waals surface area contributed by atoms with Crippen molar-refractivity contribution in [3.05, 3.63) is 0 Å². The molecule has 0 amide bonds. The molecular weight excluding hydrogens is 254 g/mol. The Hall–Kier alpha value is 1.41. The molecule has 0 bridgehead atoms. The van der Waals surface area contributed by atoms with Crippen LogP contribution in [-0.2, 0) is 23.6 Å². The summed E-state index contributed by atoms with van der Waals surface area (Å²) in [5.41, 5.74) is 0. The Morgan fingerprint density at radius 3 is 0.636 bits per heavy atom. The standard InChI is InChI=1S/2H3O3PS.H2S/c2*1-4(2,3)5;/h2*(H3,1,2,3,5);1H2. The van der Waals surface area contributed by atoms with Gasteiger partial charge in [-0.05, 0) is 23.6 Å². The van der Waals surface area contributed by atoms with E-state index in [0.717, 1.165) is 0 Å². The van der Waals surface area contributed by atoms with Crippen molar-refractivity contribution < 1.29 is 29.4 Å². The maximum absolute atomic E-state index is 7.56. The van der Waals surface area contributed by atoms with Crippen LogP contribution in [0.5, 0.6) is 0 Å². The minimum atomic E-state index is -3.81. The molecule has 0 fully saturated rings. The second-order valence-electron chi connectivity index (χ2n) is 1.03. The molecule has 0 spiro atoms. The van der Waals surface area contributed by atoms with Crippen LogP contribution in [0.25, 0.3) is 0 Å². The monoisotopic (exact) mass is 262 g/mol. The molecule has 0 aliphatic heterocycles. The summed E-state index contributed by atoms with van der Waals surface area (Å²) in [7, 11) is 0. The van der Waals surface area contributed by atoms with Crippen LogP contribution in [0, 0.1) is 0 Å². The predicted molar refractivity (Wildman–Crippen MR) is 52.3 cm³/mol. The van der Waals surface area contributed by atoms with Crippen molar-refractivity contribution in [2.75, 3.05) is 0 Å².